The van der Waals surface area contributed by atoms with Gasteiger partial charge in [0.1, 0.15) is 63.3 Å². The van der Waals surface area contributed by atoms with E-state index in [-0.39, 0.29) is 24.2 Å². The van der Waals surface area contributed by atoms with Crippen LogP contribution < -0.4 is 14.8 Å². The second-order valence-corrected chi connectivity index (χ2v) is 20.1. The van der Waals surface area contributed by atoms with Crippen LogP contribution in [0, 0.1) is 55.4 Å². The summed E-state index contributed by atoms with van der Waals surface area (Å²) in [5.74, 6) is 8.04. The average molecular weight is 1070 g/mol. The lowest BCUT2D eigenvalue weighted by atomic mass is 10.1. The normalized spacial score (nSPS) is 14.5. The molecule has 21 nitrogen and oxygen atoms in total. The molecule has 8 aromatic heterocycles. The van der Waals surface area contributed by atoms with E-state index < -0.39 is 0 Å². The number of nitrogens with one attached hydrogen (secondary N) is 1. The number of nitrogens with zero attached hydrogens (tertiary/aromatic N) is 13. The highest BCUT2D eigenvalue weighted by Crippen LogP contribution is 2.37. The quantitative estimate of drug-likeness (QED) is 0.113. The van der Waals surface area contributed by atoms with E-state index in [0.29, 0.717) is 77.5 Å². The number of aryl methyl sites for hydroxylation is 7. The minimum absolute atomic E-state index is 0.132. The van der Waals surface area contributed by atoms with E-state index in [1.807, 2.05) is 123 Å². The number of anilines is 1. The Morgan fingerprint density at radius 1 is 0.570 bits per heavy atom. The van der Waals surface area contributed by atoms with E-state index in [1.165, 1.54) is 18.4 Å². The fourth-order valence-electron chi connectivity index (χ4n) is 9.01. The first kappa shape index (κ1) is 52.1. The molecule has 11 aromatic rings. The van der Waals surface area contributed by atoms with E-state index >= 15 is 0 Å². The van der Waals surface area contributed by atoms with Crippen LogP contribution in [0.1, 0.15) is 132 Å². The van der Waals surface area contributed by atoms with Gasteiger partial charge < -0.3 is 37.4 Å². The molecule has 79 heavy (non-hydrogen) atoms. The fraction of sp³-hybridized carbons (Fsp3) is 0.345. The lowest BCUT2D eigenvalue weighted by Crippen LogP contribution is -2.26. The molecule has 2 aliphatic rings. The second-order valence-electron chi connectivity index (χ2n) is 20.1. The summed E-state index contributed by atoms with van der Waals surface area (Å²) < 4.78 is 41.2. The van der Waals surface area contributed by atoms with Gasteiger partial charge in [-0.25, -0.2) is 14.6 Å². The zero-order valence-electron chi connectivity index (χ0n) is 45.9. The van der Waals surface area contributed by atoms with Gasteiger partial charge in [0.25, 0.3) is 11.8 Å². The van der Waals surface area contributed by atoms with Crippen molar-refractivity contribution in [3.8, 4) is 34.7 Å². The largest absolute Gasteiger partial charge is 0.469 e. The molecule has 3 unspecified atom stereocenters. The van der Waals surface area contributed by atoms with E-state index in [2.05, 4.69) is 95.6 Å². The van der Waals surface area contributed by atoms with Gasteiger partial charge in [-0.05, 0) is 154 Å². The number of hydrogen-bond acceptors (Lipinski definition) is 20. The maximum absolute atomic E-state index is 6.13. The van der Waals surface area contributed by atoms with E-state index in [9.17, 15) is 0 Å². The van der Waals surface area contributed by atoms with E-state index in [4.69, 9.17) is 32.1 Å². The summed E-state index contributed by atoms with van der Waals surface area (Å²) >= 11 is 0. The van der Waals surface area contributed by atoms with Crippen molar-refractivity contribution in [3.63, 3.8) is 0 Å². The SMILES string of the molecule is Cc1nc(C)c(C)c(NC(C)c2ccc3c(c2)nnn3C2CC2)n1.Cc1nc(OC(C)c2ccc(-c3nc(C4COC4)no3)cc2)c2cc(C)oc2n1.Cc1noc(-c2ccc(C(C)Oc3nc(C)nc4oc(C)cc34)cc2)n1. The van der Waals surface area contributed by atoms with E-state index in [1.54, 1.807) is 6.92 Å². The summed E-state index contributed by atoms with van der Waals surface area (Å²) in [4.78, 5) is 35.1. The minimum Gasteiger partial charge on any atom is -0.469 e. The van der Waals surface area contributed by atoms with Gasteiger partial charge in [-0.2, -0.15) is 29.9 Å². The fourth-order valence-corrected chi connectivity index (χ4v) is 9.01. The molecule has 2 fully saturated rings. The average Bonchev–Trinajstić information content (AvgIpc) is 4.04. The first-order valence-corrected chi connectivity index (χ1v) is 26.3. The van der Waals surface area contributed by atoms with Gasteiger partial charge in [0, 0.05) is 22.4 Å². The maximum Gasteiger partial charge on any atom is 0.257 e. The lowest BCUT2D eigenvalue weighted by Gasteiger charge is -2.22. The Kier molecular flexibility index (Phi) is 14.4. The summed E-state index contributed by atoms with van der Waals surface area (Å²) in [6, 6.07) is 26.6. The maximum atomic E-state index is 6.13. The van der Waals surface area contributed by atoms with Crippen molar-refractivity contribution in [1.82, 2.24) is 65.2 Å². The Bertz CT molecular complexity index is 3950. The van der Waals surface area contributed by atoms with Crippen molar-refractivity contribution < 1.29 is 32.1 Å². The Hall–Kier alpha value is -8.98. The predicted molar refractivity (Wildman–Crippen MR) is 292 cm³/mol. The number of furan rings is 2. The highest BCUT2D eigenvalue weighted by Gasteiger charge is 2.28. The molecule has 1 aliphatic carbocycles. The summed E-state index contributed by atoms with van der Waals surface area (Å²) in [5.41, 5.74) is 10.2. The van der Waals surface area contributed by atoms with Gasteiger partial charge >= 0.3 is 0 Å². The Morgan fingerprint density at radius 2 is 1.11 bits per heavy atom. The first-order valence-electron chi connectivity index (χ1n) is 26.3. The Balaban J connectivity index is 0.000000126. The molecule has 3 atom stereocenters. The van der Waals surface area contributed by atoms with Crippen molar-refractivity contribution in [2.45, 2.75) is 119 Å². The third-order valence-electron chi connectivity index (χ3n) is 13.7. The van der Waals surface area contributed by atoms with E-state index in [0.717, 1.165) is 78.5 Å². The van der Waals surface area contributed by atoms with Gasteiger partial charge in [-0.1, -0.05) is 45.9 Å². The standard InChI is InChI=1S/C21H20N4O4.C19H18N4O3.C18H22N6/c1-11-8-17-20(27-11)22-13(3)23-21(17)28-12(2)14-4-6-15(7-5-14)19-24-18(25-29-19)16-9-26-10-16;1-10-9-16-18(24-10)20-12(3)21-19(16)25-11(2)14-5-7-15(8-6-14)17-22-13(4)23-26-17;1-10-11(2)19-13(4)21-18(10)20-12(3)14-5-8-17-16(9-14)22-23-24(17)15-6-7-15/h4-8,12,16H,9-10H2,1-3H3;5-9,11H,1-4H3;5,8-9,12,15H,6-7H2,1-4H3,(H,19,20,21). The van der Waals surface area contributed by atoms with Crippen molar-refractivity contribution in [1.29, 1.82) is 0 Å². The van der Waals surface area contributed by atoms with Crippen LogP contribution >= 0.6 is 0 Å². The van der Waals surface area contributed by atoms with Gasteiger partial charge in [0.15, 0.2) is 11.6 Å². The van der Waals surface area contributed by atoms with Gasteiger partial charge in [0.05, 0.1) is 36.7 Å². The highest BCUT2D eigenvalue weighted by atomic mass is 16.5. The first-order chi connectivity index (χ1) is 38.1. The van der Waals surface area contributed by atoms with Crippen molar-refractivity contribution in [2.75, 3.05) is 18.5 Å². The molecular weight excluding hydrogens is 1000 g/mol. The molecular formula is C58H60N14O7. The predicted octanol–water partition coefficient (Wildman–Crippen LogP) is 12.1. The van der Waals surface area contributed by atoms with Gasteiger partial charge in [-0.3, -0.25) is 0 Å². The number of hydrogen-bond donors (Lipinski definition) is 1. The third kappa shape index (κ3) is 11.5. The molecule has 1 saturated heterocycles. The van der Waals surface area contributed by atoms with Crippen LogP contribution in [0.5, 0.6) is 11.8 Å². The number of benzene rings is 3. The van der Waals surface area contributed by atoms with Crippen LogP contribution in [-0.2, 0) is 4.74 Å². The summed E-state index contributed by atoms with van der Waals surface area (Å²) in [5, 5.41) is 21.6. The number of fused-ring (bicyclic) bond motifs is 3. The zero-order chi connectivity index (χ0) is 55.1. The third-order valence-corrected chi connectivity index (χ3v) is 13.7. The summed E-state index contributed by atoms with van der Waals surface area (Å²) in [6.07, 6.45) is 2.02. The molecule has 1 aliphatic heterocycles. The van der Waals surface area contributed by atoms with Crippen LogP contribution in [-0.4, -0.2) is 78.4 Å². The van der Waals surface area contributed by atoms with Crippen LogP contribution in [0.4, 0.5) is 5.82 Å². The molecule has 3 aromatic carbocycles. The molecule has 9 heterocycles. The summed E-state index contributed by atoms with van der Waals surface area (Å²) in [7, 11) is 0. The molecule has 0 radical (unpaired) electrons. The Labute approximate surface area is 454 Å². The number of ether oxygens (including phenoxy) is 3. The molecule has 13 rings (SSSR count). The molecule has 21 heteroatoms. The molecule has 1 N–H and O–H groups in total. The van der Waals surface area contributed by atoms with Crippen LogP contribution in [0.15, 0.2) is 96.7 Å². The van der Waals surface area contributed by atoms with Gasteiger partial charge in [-0.15, -0.1) is 5.10 Å². The minimum atomic E-state index is -0.206. The molecule has 404 valence electrons. The molecule has 0 spiro atoms. The molecule has 0 amide bonds. The van der Waals surface area contributed by atoms with Crippen molar-refractivity contribution in [2.24, 2.45) is 0 Å². The Morgan fingerprint density at radius 3 is 1.65 bits per heavy atom. The van der Waals surface area contributed by atoms with Crippen LogP contribution in [0.25, 0.3) is 56.1 Å². The van der Waals surface area contributed by atoms with Crippen molar-refractivity contribution in [3.05, 3.63) is 147 Å². The monoisotopic (exact) mass is 1060 g/mol. The smallest absolute Gasteiger partial charge is 0.257 e. The topological polar surface area (TPSA) is 252 Å². The summed E-state index contributed by atoms with van der Waals surface area (Å²) in [6.45, 7) is 22.6. The zero-order valence-corrected chi connectivity index (χ0v) is 45.9. The van der Waals surface area contributed by atoms with Crippen LogP contribution in [0.3, 0.4) is 0 Å². The second kappa shape index (κ2) is 21.8. The van der Waals surface area contributed by atoms with Crippen molar-refractivity contribution >= 4 is 39.1 Å². The lowest BCUT2D eigenvalue weighted by molar-refractivity contribution is 0.00403. The van der Waals surface area contributed by atoms with Crippen LogP contribution in [0.2, 0.25) is 0 Å². The van der Waals surface area contributed by atoms with Gasteiger partial charge in [0.2, 0.25) is 23.2 Å². The molecule has 1 saturated carbocycles. The number of rotatable bonds is 13. The molecule has 0 bridgehead atoms. The number of aromatic nitrogens is 13. The highest BCUT2D eigenvalue weighted by molar-refractivity contribution is 5.81.